The van der Waals surface area contributed by atoms with E-state index in [9.17, 15) is 13.2 Å². The third-order valence-electron chi connectivity index (χ3n) is 10.7. The molecule has 4 aliphatic rings. The molecule has 1 amide bonds. The fourth-order valence-electron chi connectivity index (χ4n) is 7.68. The Balaban J connectivity index is 1.46. The fourth-order valence-corrected chi connectivity index (χ4v) is 9.16. The Morgan fingerprint density at radius 1 is 1.18 bits per heavy atom. The molecular weight excluding hydrogens is 596 g/mol. The standard InChI is InChI=1S/C35H41ClN2O5S/c1-5-35(42-4)17-6-8-23(2)24(3)44(40,41)37-33(39)26-11-15-32-31(19-26)38(20-27-10-13-30(27)35)21-34(22-43-32)16-7-9-25-18-28(36)12-14-29(25)34/h1,6,11-12,14-15,17-19,23-24,27,30H,7-10,13,16,20-22H2,2-4H3,(H,37,39)/b17-6-/t23-,24+,27-,30+,34-,35-/m0/s1. The van der Waals surface area contributed by atoms with Gasteiger partial charge in [0.15, 0.2) is 0 Å². The highest BCUT2D eigenvalue weighted by Gasteiger charge is 2.48. The number of sulfonamides is 1. The van der Waals surface area contributed by atoms with Crippen LogP contribution in [0.2, 0.25) is 5.02 Å². The predicted octanol–water partition coefficient (Wildman–Crippen LogP) is 5.90. The first-order chi connectivity index (χ1) is 21.0. The molecule has 2 bridgehead atoms. The lowest BCUT2D eigenvalue weighted by molar-refractivity contribution is -0.0349. The quantitative estimate of drug-likeness (QED) is 0.310. The van der Waals surface area contributed by atoms with Gasteiger partial charge in [-0.1, -0.05) is 36.6 Å². The number of aryl methyl sites for hydroxylation is 1. The average molecular weight is 637 g/mol. The number of carbonyl (C=O) groups excluding carboxylic acids is 1. The normalized spacial score (nSPS) is 33.8. The molecule has 0 saturated heterocycles. The summed E-state index contributed by atoms with van der Waals surface area (Å²) in [7, 11) is -2.29. The number of halogens is 1. The molecule has 6 atom stereocenters. The number of nitrogens with zero attached hydrogens (tertiary/aromatic N) is 1. The Labute approximate surface area is 266 Å². The number of ether oxygens (including phenoxy) is 2. The van der Waals surface area contributed by atoms with Crippen molar-refractivity contribution in [2.45, 2.75) is 68.6 Å². The van der Waals surface area contributed by atoms with Crippen LogP contribution in [-0.2, 0) is 26.6 Å². The molecule has 1 fully saturated rings. The molecule has 9 heteroatoms. The molecule has 234 valence electrons. The molecule has 7 nitrogen and oxygen atoms in total. The smallest absolute Gasteiger partial charge is 0.264 e. The summed E-state index contributed by atoms with van der Waals surface area (Å²) in [5, 5.41) is -0.0721. The Hall–Kier alpha value is -2.99. The first kappa shape index (κ1) is 31.0. The maximum atomic E-state index is 13.4. The third kappa shape index (κ3) is 5.42. The Kier molecular flexibility index (Phi) is 8.28. The van der Waals surface area contributed by atoms with E-state index in [1.165, 1.54) is 11.1 Å². The molecule has 2 aromatic carbocycles. The second kappa shape index (κ2) is 11.7. The summed E-state index contributed by atoms with van der Waals surface area (Å²) in [5.74, 6) is 3.07. The molecule has 2 heterocycles. The zero-order valence-electron chi connectivity index (χ0n) is 25.6. The Morgan fingerprint density at radius 2 is 2.00 bits per heavy atom. The SMILES string of the molecule is C#C[C@]1(OC)/C=C\C[C@H](C)[C@@H](C)S(=O)(=O)NC(=O)c2ccc3c(c2)N(C[C@@H]2CC[C@H]21)C[C@@]1(CCCc2cc(Cl)ccc21)CO3. The third-order valence-corrected chi connectivity index (χ3v) is 12.8. The highest BCUT2D eigenvalue weighted by molar-refractivity contribution is 7.90. The number of rotatable bonds is 1. The monoisotopic (exact) mass is 636 g/mol. The summed E-state index contributed by atoms with van der Waals surface area (Å²) in [5.41, 5.74) is 2.39. The number of benzene rings is 2. The van der Waals surface area contributed by atoms with E-state index >= 15 is 0 Å². The van der Waals surface area contributed by atoms with E-state index in [0.717, 1.165) is 42.8 Å². The molecule has 2 aromatic rings. The summed E-state index contributed by atoms with van der Waals surface area (Å²) in [6, 6.07) is 11.4. The number of amides is 1. The highest BCUT2D eigenvalue weighted by atomic mass is 35.5. The minimum absolute atomic E-state index is 0.0885. The fraction of sp³-hybridized carbons (Fsp3) is 0.514. The molecule has 1 spiro atoms. The number of carbonyl (C=O) groups is 1. The van der Waals surface area contributed by atoms with Crippen molar-refractivity contribution < 1.29 is 22.7 Å². The minimum Gasteiger partial charge on any atom is -0.490 e. The molecule has 1 saturated carbocycles. The number of terminal acetylenes is 1. The topological polar surface area (TPSA) is 84.9 Å². The highest BCUT2D eigenvalue weighted by Crippen LogP contribution is 2.49. The van der Waals surface area contributed by atoms with Gasteiger partial charge in [-0.2, -0.15) is 0 Å². The summed E-state index contributed by atoms with van der Waals surface area (Å²) in [6.45, 7) is 5.36. The van der Waals surface area contributed by atoms with Crippen LogP contribution in [0.3, 0.4) is 0 Å². The number of methoxy groups -OCH3 is 1. The van der Waals surface area contributed by atoms with Gasteiger partial charge in [-0.15, -0.1) is 6.42 Å². The van der Waals surface area contributed by atoms with E-state index in [-0.39, 0.29) is 28.7 Å². The summed E-state index contributed by atoms with van der Waals surface area (Å²) >= 11 is 6.41. The number of fused-ring (bicyclic) bond motifs is 4. The Morgan fingerprint density at radius 3 is 2.73 bits per heavy atom. The molecule has 0 aromatic heterocycles. The second-order valence-corrected chi connectivity index (χ2v) is 15.6. The van der Waals surface area contributed by atoms with Crippen LogP contribution >= 0.6 is 11.6 Å². The van der Waals surface area contributed by atoms with Crippen LogP contribution in [0.15, 0.2) is 48.6 Å². The van der Waals surface area contributed by atoms with Gasteiger partial charge >= 0.3 is 0 Å². The first-order valence-electron chi connectivity index (χ1n) is 15.6. The van der Waals surface area contributed by atoms with Crippen molar-refractivity contribution in [1.82, 2.24) is 4.72 Å². The van der Waals surface area contributed by atoms with E-state index in [1.54, 1.807) is 32.2 Å². The lowest BCUT2D eigenvalue weighted by atomic mass is 9.64. The van der Waals surface area contributed by atoms with E-state index in [1.807, 2.05) is 25.1 Å². The van der Waals surface area contributed by atoms with Gasteiger partial charge in [0.1, 0.15) is 11.4 Å². The van der Waals surface area contributed by atoms with E-state index in [0.29, 0.717) is 31.9 Å². The van der Waals surface area contributed by atoms with Crippen LogP contribution in [0, 0.1) is 30.1 Å². The average Bonchev–Trinajstić information content (AvgIpc) is 3.14. The minimum atomic E-state index is -3.95. The van der Waals surface area contributed by atoms with E-state index < -0.39 is 26.8 Å². The van der Waals surface area contributed by atoms with Crippen molar-refractivity contribution in [3.63, 3.8) is 0 Å². The van der Waals surface area contributed by atoms with Gasteiger partial charge in [0.05, 0.1) is 17.5 Å². The van der Waals surface area contributed by atoms with Gasteiger partial charge in [0.25, 0.3) is 5.91 Å². The summed E-state index contributed by atoms with van der Waals surface area (Å²) in [4.78, 5) is 15.8. The second-order valence-electron chi connectivity index (χ2n) is 13.2. The summed E-state index contributed by atoms with van der Waals surface area (Å²) < 4.78 is 41.6. The number of allylic oxidation sites excluding steroid dienone is 1. The van der Waals surface area contributed by atoms with Gasteiger partial charge in [-0.25, -0.2) is 13.1 Å². The van der Waals surface area contributed by atoms with Crippen molar-refractivity contribution in [2.24, 2.45) is 17.8 Å². The van der Waals surface area contributed by atoms with Crippen LogP contribution in [0.4, 0.5) is 5.69 Å². The molecule has 2 aliphatic carbocycles. The van der Waals surface area contributed by atoms with Crippen molar-refractivity contribution in [3.8, 4) is 18.1 Å². The van der Waals surface area contributed by atoms with Gasteiger partial charge in [0, 0.05) is 42.1 Å². The number of anilines is 1. The zero-order valence-corrected chi connectivity index (χ0v) is 27.2. The molecule has 6 rings (SSSR count). The van der Waals surface area contributed by atoms with Gasteiger partial charge in [0.2, 0.25) is 10.0 Å². The van der Waals surface area contributed by atoms with Gasteiger partial charge < -0.3 is 14.4 Å². The van der Waals surface area contributed by atoms with Gasteiger partial charge in [-0.3, -0.25) is 4.79 Å². The maximum absolute atomic E-state index is 13.4. The predicted molar refractivity (Wildman–Crippen MR) is 174 cm³/mol. The molecule has 1 N–H and O–H groups in total. The lowest BCUT2D eigenvalue weighted by Gasteiger charge is -2.48. The Bertz CT molecular complexity index is 1630. The van der Waals surface area contributed by atoms with Crippen molar-refractivity contribution in [2.75, 3.05) is 31.7 Å². The first-order valence-corrected chi connectivity index (χ1v) is 17.5. The van der Waals surface area contributed by atoms with Crippen molar-refractivity contribution in [1.29, 1.82) is 0 Å². The molecule has 44 heavy (non-hydrogen) atoms. The zero-order chi connectivity index (χ0) is 31.3. The van der Waals surface area contributed by atoms with E-state index in [4.69, 9.17) is 27.5 Å². The van der Waals surface area contributed by atoms with Crippen LogP contribution in [0.25, 0.3) is 0 Å². The van der Waals surface area contributed by atoms with Crippen LogP contribution in [-0.4, -0.2) is 52.0 Å². The number of hydrogen-bond donors (Lipinski definition) is 1. The number of nitrogens with one attached hydrogen (secondary N) is 1. The van der Waals surface area contributed by atoms with Crippen molar-refractivity contribution in [3.05, 3.63) is 70.3 Å². The van der Waals surface area contributed by atoms with Crippen molar-refractivity contribution >= 4 is 33.2 Å². The van der Waals surface area contributed by atoms with E-state index in [2.05, 4.69) is 27.7 Å². The number of hydrogen-bond acceptors (Lipinski definition) is 6. The largest absolute Gasteiger partial charge is 0.490 e. The molecular formula is C35H41ClN2O5S. The molecule has 2 aliphatic heterocycles. The summed E-state index contributed by atoms with van der Waals surface area (Å²) in [6.07, 6.45) is 15.4. The lowest BCUT2D eigenvalue weighted by Crippen LogP contribution is -2.52. The molecule has 0 unspecified atom stereocenters. The van der Waals surface area contributed by atoms with Gasteiger partial charge in [-0.05, 0) is 105 Å². The van der Waals surface area contributed by atoms with Crippen LogP contribution in [0.5, 0.6) is 5.75 Å². The maximum Gasteiger partial charge on any atom is 0.264 e. The van der Waals surface area contributed by atoms with Crippen LogP contribution in [0.1, 0.15) is 67.4 Å². The van der Waals surface area contributed by atoms with Crippen LogP contribution < -0.4 is 14.4 Å². The molecule has 0 radical (unpaired) electrons.